The number of hydrogen-bond acceptors (Lipinski definition) is 4. The SMILES string of the molecule is CCOc1cccc(N)c1C(=O)OC1CCCCC1. The first-order chi connectivity index (χ1) is 9.22. The van der Waals surface area contributed by atoms with E-state index in [1.54, 1.807) is 18.2 Å². The molecule has 4 nitrogen and oxygen atoms in total. The van der Waals surface area contributed by atoms with Crippen molar-refractivity contribution in [1.29, 1.82) is 0 Å². The largest absolute Gasteiger partial charge is 0.493 e. The second kappa shape index (κ2) is 6.45. The van der Waals surface area contributed by atoms with Crippen LogP contribution in [-0.2, 0) is 4.74 Å². The smallest absolute Gasteiger partial charge is 0.344 e. The minimum Gasteiger partial charge on any atom is -0.493 e. The van der Waals surface area contributed by atoms with Gasteiger partial charge >= 0.3 is 5.97 Å². The van der Waals surface area contributed by atoms with Crippen LogP contribution in [0.5, 0.6) is 5.75 Å². The average molecular weight is 263 g/mol. The van der Waals surface area contributed by atoms with Gasteiger partial charge in [0.1, 0.15) is 17.4 Å². The second-order valence-electron chi connectivity index (χ2n) is 4.82. The summed E-state index contributed by atoms with van der Waals surface area (Å²) in [4.78, 5) is 12.2. The van der Waals surface area contributed by atoms with E-state index >= 15 is 0 Å². The first-order valence-electron chi connectivity index (χ1n) is 6.94. The van der Waals surface area contributed by atoms with Crippen LogP contribution in [0.1, 0.15) is 49.4 Å². The van der Waals surface area contributed by atoms with Crippen molar-refractivity contribution in [2.75, 3.05) is 12.3 Å². The normalized spacial score (nSPS) is 16.1. The van der Waals surface area contributed by atoms with Crippen LogP contribution in [0.2, 0.25) is 0 Å². The first kappa shape index (κ1) is 13.7. The second-order valence-corrected chi connectivity index (χ2v) is 4.82. The molecule has 0 amide bonds. The summed E-state index contributed by atoms with van der Waals surface area (Å²) in [6, 6.07) is 5.22. The molecule has 0 bridgehead atoms. The van der Waals surface area contributed by atoms with Crippen LogP contribution in [-0.4, -0.2) is 18.7 Å². The fourth-order valence-electron chi connectivity index (χ4n) is 2.44. The van der Waals surface area contributed by atoms with Crippen molar-refractivity contribution in [2.45, 2.75) is 45.1 Å². The first-order valence-corrected chi connectivity index (χ1v) is 6.94. The van der Waals surface area contributed by atoms with Crippen molar-refractivity contribution < 1.29 is 14.3 Å². The lowest BCUT2D eigenvalue weighted by atomic mass is 9.98. The van der Waals surface area contributed by atoms with Gasteiger partial charge < -0.3 is 15.2 Å². The quantitative estimate of drug-likeness (QED) is 0.669. The van der Waals surface area contributed by atoms with Crippen LogP contribution in [0.15, 0.2) is 18.2 Å². The molecule has 0 aliphatic heterocycles. The number of esters is 1. The number of nitrogen functional groups attached to an aromatic ring is 1. The average Bonchev–Trinajstić information content (AvgIpc) is 2.40. The van der Waals surface area contributed by atoms with Gasteiger partial charge in [0.25, 0.3) is 0 Å². The van der Waals surface area contributed by atoms with Gasteiger partial charge in [0, 0.05) is 5.69 Å². The highest BCUT2D eigenvalue weighted by Gasteiger charge is 2.23. The molecule has 0 aromatic heterocycles. The van der Waals surface area contributed by atoms with E-state index in [1.807, 2.05) is 6.92 Å². The summed E-state index contributed by atoms with van der Waals surface area (Å²) < 4.78 is 11.0. The molecule has 2 N–H and O–H groups in total. The molecule has 1 aliphatic rings. The van der Waals surface area contributed by atoms with E-state index in [0.29, 0.717) is 23.6 Å². The van der Waals surface area contributed by atoms with E-state index in [4.69, 9.17) is 15.2 Å². The van der Waals surface area contributed by atoms with Gasteiger partial charge in [-0.2, -0.15) is 0 Å². The standard InChI is InChI=1S/C15H21NO3/c1-2-18-13-10-6-9-12(16)14(13)15(17)19-11-7-4-3-5-8-11/h6,9-11H,2-5,7-8,16H2,1H3. The third-order valence-corrected chi connectivity index (χ3v) is 3.39. The Balaban J connectivity index is 2.13. The van der Waals surface area contributed by atoms with Crippen LogP contribution in [0.25, 0.3) is 0 Å². The van der Waals surface area contributed by atoms with Crippen LogP contribution in [0, 0.1) is 0 Å². The Labute approximate surface area is 113 Å². The molecule has 19 heavy (non-hydrogen) atoms. The summed E-state index contributed by atoms with van der Waals surface area (Å²) in [5.41, 5.74) is 6.64. The van der Waals surface area contributed by atoms with Gasteiger partial charge in [-0.1, -0.05) is 12.5 Å². The number of ether oxygens (including phenoxy) is 2. The van der Waals surface area contributed by atoms with Gasteiger partial charge in [0.2, 0.25) is 0 Å². The molecule has 104 valence electrons. The van der Waals surface area contributed by atoms with Crippen LogP contribution < -0.4 is 10.5 Å². The molecule has 1 saturated carbocycles. The maximum Gasteiger partial charge on any atom is 0.344 e. The molecule has 1 fully saturated rings. The monoisotopic (exact) mass is 263 g/mol. The molecule has 2 rings (SSSR count). The Hall–Kier alpha value is -1.71. The third kappa shape index (κ3) is 3.40. The fraction of sp³-hybridized carbons (Fsp3) is 0.533. The number of carbonyl (C=O) groups excluding carboxylic acids is 1. The van der Waals surface area contributed by atoms with Gasteiger partial charge in [-0.15, -0.1) is 0 Å². The molecular weight excluding hydrogens is 242 g/mol. The fourth-order valence-corrected chi connectivity index (χ4v) is 2.44. The van der Waals surface area contributed by atoms with E-state index < -0.39 is 0 Å². The van der Waals surface area contributed by atoms with Gasteiger partial charge in [-0.05, 0) is 44.7 Å². The molecule has 0 heterocycles. The summed E-state index contributed by atoms with van der Waals surface area (Å²) in [5.74, 6) is 0.136. The predicted molar refractivity (Wildman–Crippen MR) is 74.3 cm³/mol. The molecule has 1 aromatic carbocycles. The maximum absolute atomic E-state index is 12.2. The molecule has 0 radical (unpaired) electrons. The lowest BCUT2D eigenvalue weighted by molar-refractivity contribution is 0.0208. The van der Waals surface area contributed by atoms with E-state index in [1.165, 1.54) is 6.42 Å². The van der Waals surface area contributed by atoms with Crippen LogP contribution in [0.4, 0.5) is 5.69 Å². The van der Waals surface area contributed by atoms with Crippen molar-refractivity contribution in [3.63, 3.8) is 0 Å². The summed E-state index contributed by atoms with van der Waals surface area (Å²) in [6.45, 7) is 2.37. The highest BCUT2D eigenvalue weighted by molar-refractivity contribution is 5.98. The highest BCUT2D eigenvalue weighted by Crippen LogP contribution is 2.28. The Morgan fingerprint density at radius 3 is 2.74 bits per heavy atom. The van der Waals surface area contributed by atoms with E-state index in [0.717, 1.165) is 25.7 Å². The molecule has 0 atom stereocenters. The lowest BCUT2D eigenvalue weighted by Crippen LogP contribution is -2.22. The van der Waals surface area contributed by atoms with Crippen molar-refractivity contribution in [3.05, 3.63) is 23.8 Å². The predicted octanol–water partition coefficient (Wildman–Crippen LogP) is 3.16. The molecule has 4 heteroatoms. The minimum atomic E-state index is -0.367. The van der Waals surface area contributed by atoms with Crippen LogP contribution in [0.3, 0.4) is 0 Å². The van der Waals surface area contributed by atoms with Crippen molar-refractivity contribution in [3.8, 4) is 5.75 Å². The molecule has 0 unspecified atom stereocenters. The number of carbonyl (C=O) groups is 1. The zero-order valence-corrected chi connectivity index (χ0v) is 11.4. The zero-order chi connectivity index (χ0) is 13.7. The number of rotatable bonds is 4. The summed E-state index contributed by atoms with van der Waals surface area (Å²) in [5, 5.41) is 0. The Morgan fingerprint density at radius 2 is 2.05 bits per heavy atom. The number of nitrogens with two attached hydrogens (primary N) is 1. The Kier molecular flexibility index (Phi) is 4.66. The maximum atomic E-state index is 12.2. The highest BCUT2D eigenvalue weighted by atomic mass is 16.5. The molecular formula is C15H21NO3. The number of hydrogen-bond donors (Lipinski definition) is 1. The van der Waals surface area contributed by atoms with E-state index in [9.17, 15) is 4.79 Å². The summed E-state index contributed by atoms with van der Waals surface area (Å²) >= 11 is 0. The summed E-state index contributed by atoms with van der Waals surface area (Å²) in [7, 11) is 0. The van der Waals surface area contributed by atoms with Gasteiger partial charge in [-0.25, -0.2) is 4.79 Å². The Bertz CT molecular complexity index is 439. The number of anilines is 1. The van der Waals surface area contributed by atoms with Crippen molar-refractivity contribution >= 4 is 11.7 Å². The topological polar surface area (TPSA) is 61.5 Å². The number of benzene rings is 1. The van der Waals surface area contributed by atoms with Crippen molar-refractivity contribution in [1.82, 2.24) is 0 Å². The third-order valence-electron chi connectivity index (χ3n) is 3.39. The van der Waals surface area contributed by atoms with Crippen molar-refractivity contribution in [2.24, 2.45) is 0 Å². The zero-order valence-electron chi connectivity index (χ0n) is 11.4. The molecule has 0 saturated heterocycles. The minimum absolute atomic E-state index is 0.0235. The summed E-state index contributed by atoms with van der Waals surface area (Å²) in [6.07, 6.45) is 5.40. The van der Waals surface area contributed by atoms with Crippen LogP contribution >= 0.6 is 0 Å². The molecule has 1 aromatic rings. The van der Waals surface area contributed by atoms with E-state index in [2.05, 4.69) is 0 Å². The van der Waals surface area contributed by atoms with Gasteiger partial charge in [-0.3, -0.25) is 0 Å². The molecule has 0 spiro atoms. The molecule has 1 aliphatic carbocycles. The van der Waals surface area contributed by atoms with Gasteiger partial charge in [0.15, 0.2) is 0 Å². The lowest BCUT2D eigenvalue weighted by Gasteiger charge is -2.22. The Morgan fingerprint density at radius 1 is 1.32 bits per heavy atom. The van der Waals surface area contributed by atoms with E-state index in [-0.39, 0.29) is 12.1 Å². The van der Waals surface area contributed by atoms with Gasteiger partial charge in [0.05, 0.1) is 6.61 Å².